The number of aromatic nitrogens is 3. The molecule has 1 aromatic carbocycles. The van der Waals surface area contributed by atoms with Crippen LogP contribution in [0.15, 0.2) is 42.6 Å². The summed E-state index contributed by atoms with van der Waals surface area (Å²) in [6, 6.07) is 9.44. The third-order valence-corrected chi connectivity index (χ3v) is 4.74. The van der Waals surface area contributed by atoms with Crippen LogP contribution in [0.4, 0.5) is 10.5 Å². The number of hydrogen-bond donors (Lipinski definition) is 3. The smallest absolute Gasteiger partial charge is 0.330 e. The standard InChI is InChI=1S/C21H22ClN7O3/c1-12-7-5-9-15(17(12)20(31)25-26-21(32)28(3)4)24-19(30)16-11-13(2)27-29(16)18-14(22)8-6-10-23-18/h5-11H,1-4H3,(H,24,30)(H,25,31)(H,26,32). The normalized spacial score (nSPS) is 10.4. The van der Waals surface area contributed by atoms with Gasteiger partial charge in [-0.3, -0.25) is 15.0 Å². The molecule has 0 radical (unpaired) electrons. The van der Waals surface area contributed by atoms with E-state index in [2.05, 4.69) is 26.3 Å². The molecule has 3 aromatic rings. The van der Waals surface area contributed by atoms with Gasteiger partial charge in [-0.1, -0.05) is 23.7 Å². The molecule has 0 unspecified atom stereocenters. The third kappa shape index (κ3) is 4.86. The second-order valence-corrected chi connectivity index (χ2v) is 7.53. The van der Waals surface area contributed by atoms with Gasteiger partial charge in [0.2, 0.25) is 0 Å². The van der Waals surface area contributed by atoms with Crippen LogP contribution in [0.1, 0.15) is 32.1 Å². The Morgan fingerprint density at radius 2 is 1.78 bits per heavy atom. The SMILES string of the molecule is Cc1cc(C(=O)Nc2cccc(C)c2C(=O)NNC(=O)N(C)C)n(-c2ncccc2Cl)n1. The van der Waals surface area contributed by atoms with Gasteiger partial charge in [-0.25, -0.2) is 19.9 Å². The van der Waals surface area contributed by atoms with Crippen molar-refractivity contribution in [2.45, 2.75) is 13.8 Å². The summed E-state index contributed by atoms with van der Waals surface area (Å²) in [6.07, 6.45) is 1.55. The minimum absolute atomic E-state index is 0.192. The number of amides is 4. The van der Waals surface area contributed by atoms with Gasteiger partial charge in [-0.2, -0.15) is 5.10 Å². The summed E-state index contributed by atoms with van der Waals surface area (Å²) in [5.74, 6) is -0.781. The first-order valence-electron chi connectivity index (χ1n) is 9.55. The number of anilines is 1. The van der Waals surface area contributed by atoms with Gasteiger partial charge in [0, 0.05) is 20.3 Å². The van der Waals surface area contributed by atoms with Crippen molar-refractivity contribution in [1.29, 1.82) is 0 Å². The number of carbonyl (C=O) groups excluding carboxylic acids is 3. The number of hydrogen-bond acceptors (Lipinski definition) is 5. The van der Waals surface area contributed by atoms with Gasteiger partial charge in [0.05, 0.1) is 22.0 Å². The molecule has 0 atom stereocenters. The monoisotopic (exact) mass is 455 g/mol. The van der Waals surface area contributed by atoms with Gasteiger partial charge < -0.3 is 10.2 Å². The third-order valence-electron chi connectivity index (χ3n) is 4.44. The van der Waals surface area contributed by atoms with Gasteiger partial charge >= 0.3 is 6.03 Å². The van der Waals surface area contributed by atoms with E-state index in [9.17, 15) is 14.4 Å². The Morgan fingerprint density at radius 3 is 2.47 bits per heavy atom. The Labute approximate surface area is 189 Å². The summed E-state index contributed by atoms with van der Waals surface area (Å²) < 4.78 is 1.35. The molecule has 0 aliphatic heterocycles. The van der Waals surface area contributed by atoms with Crippen molar-refractivity contribution in [2.24, 2.45) is 0 Å². The maximum Gasteiger partial charge on any atom is 0.335 e. The summed E-state index contributed by atoms with van der Waals surface area (Å²) in [5, 5.41) is 7.40. The molecule has 3 N–H and O–H groups in total. The van der Waals surface area contributed by atoms with Crippen LogP contribution in [0.5, 0.6) is 0 Å². The average molecular weight is 456 g/mol. The quantitative estimate of drug-likeness (QED) is 0.522. The van der Waals surface area contributed by atoms with E-state index in [0.717, 1.165) is 0 Å². The van der Waals surface area contributed by atoms with Crippen LogP contribution in [0.3, 0.4) is 0 Å². The molecule has 2 aromatic heterocycles. The number of hydrazine groups is 1. The van der Waals surface area contributed by atoms with E-state index >= 15 is 0 Å². The fraction of sp³-hybridized carbons (Fsp3) is 0.190. The van der Waals surface area contributed by atoms with Gasteiger partial charge in [0.25, 0.3) is 11.8 Å². The van der Waals surface area contributed by atoms with Crippen molar-refractivity contribution < 1.29 is 14.4 Å². The molecule has 32 heavy (non-hydrogen) atoms. The van der Waals surface area contributed by atoms with E-state index < -0.39 is 17.8 Å². The lowest BCUT2D eigenvalue weighted by molar-refractivity contribution is 0.0933. The number of halogens is 1. The van der Waals surface area contributed by atoms with Crippen molar-refractivity contribution >= 4 is 35.1 Å². The second kappa shape index (κ2) is 9.48. The lowest BCUT2D eigenvalue weighted by Gasteiger charge is -2.16. The van der Waals surface area contributed by atoms with E-state index in [1.165, 1.54) is 9.58 Å². The molecule has 0 aliphatic carbocycles. The minimum Gasteiger partial charge on any atom is -0.330 e. The first-order valence-corrected chi connectivity index (χ1v) is 9.93. The number of nitrogens with one attached hydrogen (secondary N) is 3. The highest BCUT2D eigenvalue weighted by molar-refractivity contribution is 6.32. The van der Waals surface area contributed by atoms with Crippen molar-refractivity contribution in [1.82, 2.24) is 30.5 Å². The molecule has 0 spiro atoms. The summed E-state index contributed by atoms with van der Waals surface area (Å²) in [6.45, 7) is 3.46. The Balaban J connectivity index is 1.90. The number of carbonyl (C=O) groups is 3. The number of rotatable bonds is 4. The van der Waals surface area contributed by atoms with E-state index in [-0.39, 0.29) is 16.9 Å². The Kier molecular flexibility index (Phi) is 6.74. The van der Waals surface area contributed by atoms with Crippen molar-refractivity contribution in [2.75, 3.05) is 19.4 Å². The predicted molar refractivity (Wildman–Crippen MR) is 120 cm³/mol. The van der Waals surface area contributed by atoms with E-state index in [1.54, 1.807) is 70.5 Å². The zero-order valence-electron chi connectivity index (χ0n) is 17.9. The number of nitrogens with zero attached hydrogens (tertiary/aromatic N) is 4. The lowest BCUT2D eigenvalue weighted by atomic mass is 10.1. The molecule has 166 valence electrons. The lowest BCUT2D eigenvalue weighted by Crippen LogP contribution is -2.46. The highest BCUT2D eigenvalue weighted by Gasteiger charge is 2.21. The van der Waals surface area contributed by atoms with Crippen LogP contribution in [0.25, 0.3) is 5.82 Å². The fourth-order valence-corrected chi connectivity index (χ4v) is 3.10. The van der Waals surface area contributed by atoms with Gasteiger partial charge in [0.15, 0.2) is 5.82 Å². The topological polar surface area (TPSA) is 121 Å². The predicted octanol–water partition coefficient (Wildman–Crippen LogP) is 2.71. The van der Waals surface area contributed by atoms with Gasteiger partial charge in [0.1, 0.15) is 5.69 Å². The van der Waals surface area contributed by atoms with Crippen LogP contribution in [-0.4, -0.2) is 51.6 Å². The van der Waals surface area contributed by atoms with Gasteiger partial charge in [-0.05, 0) is 43.7 Å². The summed E-state index contributed by atoms with van der Waals surface area (Å²) in [7, 11) is 3.08. The van der Waals surface area contributed by atoms with Crippen LogP contribution in [0, 0.1) is 13.8 Å². The molecule has 0 saturated carbocycles. The minimum atomic E-state index is -0.578. The molecular weight excluding hydrogens is 434 g/mol. The largest absolute Gasteiger partial charge is 0.335 e. The fourth-order valence-electron chi connectivity index (χ4n) is 2.90. The van der Waals surface area contributed by atoms with Gasteiger partial charge in [-0.15, -0.1) is 0 Å². The highest BCUT2D eigenvalue weighted by Crippen LogP contribution is 2.23. The Bertz CT molecular complexity index is 1190. The molecule has 2 heterocycles. The Morgan fingerprint density at radius 1 is 1.03 bits per heavy atom. The number of urea groups is 1. The van der Waals surface area contributed by atoms with Crippen LogP contribution < -0.4 is 16.2 Å². The second-order valence-electron chi connectivity index (χ2n) is 7.12. The van der Waals surface area contributed by atoms with Crippen LogP contribution in [0.2, 0.25) is 5.02 Å². The zero-order chi connectivity index (χ0) is 23.4. The maximum atomic E-state index is 13.1. The molecule has 3 rings (SSSR count). The molecular formula is C21H22ClN7O3. The average Bonchev–Trinajstić information content (AvgIpc) is 3.13. The first-order chi connectivity index (χ1) is 15.2. The molecule has 0 aliphatic rings. The number of aryl methyl sites for hydroxylation is 2. The van der Waals surface area contributed by atoms with Crippen molar-refractivity contribution in [3.63, 3.8) is 0 Å². The number of pyridine rings is 1. The molecule has 0 bridgehead atoms. The summed E-state index contributed by atoms with van der Waals surface area (Å²) in [4.78, 5) is 43.0. The molecule has 10 nitrogen and oxygen atoms in total. The van der Waals surface area contributed by atoms with E-state index in [4.69, 9.17) is 11.6 Å². The highest BCUT2D eigenvalue weighted by atomic mass is 35.5. The molecule has 4 amide bonds. The number of benzene rings is 1. The molecule has 11 heteroatoms. The molecule has 0 saturated heterocycles. The Hall–Kier alpha value is -3.92. The molecule has 0 fully saturated rings. The summed E-state index contributed by atoms with van der Waals surface area (Å²) >= 11 is 6.23. The van der Waals surface area contributed by atoms with Crippen LogP contribution >= 0.6 is 11.6 Å². The van der Waals surface area contributed by atoms with Crippen LogP contribution in [-0.2, 0) is 0 Å². The van der Waals surface area contributed by atoms with E-state index in [0.29, 0.717) is 22.1 Å². The van der Waals surface area contributed by atoms with Crippen molar-refractivity contribution in [3.05, 3.63) is 70.1 Å². The van der Waals surface area contributed by atoms with Crippen molar-refractivity contribution in [3.8, 4) is 5.82 Å². The first kappa shape index (κ1) is 22.8. The maximum absolute atomic E-state index is 13.1. The summed E-state index contributed by atoms with van der Waals surface area (Å²) in [5.41, 5.74) is 6.51. The zero-order valence-corrected chi connectivity index (χ0v) is 18.7. The van der Waals surface area contributed by atoms with E-state index in [1.807, 2.05) is 0 Å².